The number of benzene rings is 2. The minimum absolute atomic E-state index is 0.182. The van der Waals surface area contributed by atoms with Crippen LogP contribution in [-0.4, -0.2) is 12.2 Å². The van der Waals surface area contributed by atoms with E-state index in [2.05, 4.69) is 0 Å². The number of methoxy groups -OCH3 is 1. The first kappa shape index (κ1) is 13.6. The van der Waals surface area contributed by atoms with Gasteiger partial charge in [0.1, 0.15) is 17.7 Å². The molecule has 2 aromatic rings. The lowest BCUT2D eigenvalue weighted by atomic mass is 9.97. The predicted octanol–water partition coefficient (Wildman–Crippen LogP) is 3.19. The highest BCUT2D eigenvalue weighted by atomic mass is 19.1. The molecule has 0 aliphatic carbocycles. The summed E-state index contributed by atoms with van der Waals surface area (Å²) < 4.78 is 31.4. The molecule has 4 heteroatoms. The highest BCUT2D eigenvalue weighted by Crippen LogP contribution is 2.26. The standard InChI is InChI=1S/C15H14F2O2/c1-19-9-10-4-2-3-5-14(10)15(18)11-6-12(16)8-13(17)7-11/h2-8,15,18H,9H2,1H3. The normalized spacial score (nSPS) is 12.4. The van der Waals surface area contributed by atoms with Gasteiger partial charge in [0.05, 0.1) is 6.61 Å². The van der Waals surface area contributed by atoms with E-state index in [0.29, 0.717) is 12.2 Å². The quantitative estimate of drug-likeness (QED) is 0.919. The largest absolute Gasteiger partial charge is 0.384 e. The second-order valence-corrected chi connectivity index (χ2v) is 4.24. The molecule has 0 saturated heterocycles. The molecule has 2 rings (SSSR count). The van der Waals surface area contributed by atoms with Gasteiger partial charge in [-0.15, -0.1) is 0 Å². The van der Waals surface area contributed by atoms with Crippen LogP contribution in [0.3, 0.4) is 0 Å². The summed E-state index contributed by atoms with van der Waals surface area (Å²) in [6, 6.07) is 10.1. The monoisotopic (exact) mass is 264 g/mol. The zero-order valence-corrected chi connectivity index (χ0v) is 10.4. The van der Waals surface area contributed by atoms with Crippen LogP contribution in [0.1, 0.15) is 22.8 Å². The first-order valence-electron chi connectivity index (χ1n) is 5.82. The molecule has 1 N–H and O–H groups in total. The molecule has 0 aliphatic heterocycles. The van der Waals surface area contributed by atoms with E-state index in [0.717, 1.165) is 23.8 Å². The lowest BCUT2D eigenvalue weighted by Crippen LogP contribution is -2.05. The Morgan fingerprint density at radius 1 is 1.11 bits per heavy atom. The lowest BCUT2D eigenvalue weighted by molar-refractivity contribution is 0.176. The molecule has 2 nitrogen and oxygen atoms in total. The van der Waals surface area contributed by atoms with Gasteiger partial charge in [0.25, 0.3) is 0 Å². The third-order valence-electron chi connectivity index (χ3n) is 2.85. The van der Waals surface area contributed by atoms with Gasteiger partial charge in [0.15, 0.2) is 0 Å². The van der Waals surface area contributed by atoms with Crippen LogP contribution in [0.4, 0.5) is 8.78 Å². The average Bonchev–Trinajstić information content (AvgIpc) is 2.38. The van der Waals surface area contributed by atoms with Gasteiger partial charge >= 0.3 is 0 Å². The first-order valence-corrected chi connectivity index (χ1v) is 5.82. The maximum Gasteiger partial charge on any atom is 0.126 e. The second-order valence-electron chi connectivity index (χ2n) is 4.24. The molecule has 0 aromatic heterocycles. The van der Waals surface area contributed by atoms with Gasteiger partial charge in [0.2, 0.25) is 0 Å². The van der Waals surface area contributed by atoms with E-state index < -0.39 is 17.7 Å². The molecule has 1 atom stereocenters. The van der Waals surface area contributed by atoms with Crippen molar-refractivity contribution in [1.29, 1.82) is 0 Å². The fourth-order valence-electron chi connectivity index (χ4n) is 2.00. The maximum atomic E-state index is 13.2. The van der Waals surface area contributed by atoms with Crippen LogP contribution in [-0.2, 0) is 11.3 Å². The predicted molar refractivity (Wildman–Crippen MR) is 67.6 cm³/mol. The van der Waals surface area contributed by atoms with Gasteiger partial charge in [-0.25, -0.2) is 8.78 Å². The summed E-state index contributed by atoms with van der Waals surface area (Å²) in [5.41, 5.74) is 1.54. The molecule has 1 unspecified atom stereocenters. The van der Waals surface area contributed by atoms with Crippen LogP contribution in [0.15, 0.2) is 42.5 Å². The van der Waals surface area contributed by atoms with Crippen LogP contribution >= 0.6 is 0 Å². The molecule has 0 spiro atoms. The van der Waals surface area contributed by atoms with Crippen LogP contribution in [0.25, 0.3) is 0 Å². The Morgan fingerprint density at radius 2 is 1.74 bits per heavy atom. The fourth-order valence-corrected chi connectivity index (χ4v) is 2.00. The topological polar surface area (TPSA) is 29.5 Å². The fraction of sp³-hybridized carbons (Fsp3) is 0.200. The molecule has 0 heterocycles. The Kier molecular flexibility index (Phi) is 4.24. The number of rotatable bonds is 4. The van der Waals surface area contributed by atoms with E-state index >= 15 is 0 Å². The molecule has 0 fully saturated rings. The third-order valence-corrected chi connectivity index (χ3v) is 2.85. The van der Waals surface area contributed by atoms with Crippen molar-refractivity contribution in [1.82, 2.24) is 0 Å². The molecule has 0 amide bonds. The summed E-state index contributed by atoms with van der Waals surface area (Å²) in [5.74, 6) is -1.42. The van der Waals surface area contributed by atoms with Crippen molar-refractivity contribution in [3.05, 3.63) is 70.8 Å². The SMILES string of the molecule is COCc1ccccc1C(O)c1cc(F)cc(F)c1. The molecule has 2 aromatic carbocycles. The number of halogens is 2. The van der Waals surface area contributed by atoms with Crippen LogP contribution in [0.5, 0.6) is 0 Å². The van der Waals surface area contributed by atoms with Gasteiger partial charge in [-0.2, -0.15) is 0 Å². The highest BCUT2D eigenvalue weighted by molar-refractivity contribution is 5.36. The summed E-state index contributed by atoms with van der Waals surface area (Å²) >= 11 is 0. The molecule has 0 radical (unpaired) electrons. The molecule has 100 valence electrons. The van der Waals surface area contributed by atoms with Crippen LogP contribution in [0.2, 0.25) is 0 Å². The van der Waals surface area contributed by atoms with Crippen molar-refractivity contribution >= 4 is 0 Å². The van der Waals surface area contributed by atoms with Crippen molar-refractivity contribution < 1.29 is 18.6 Å². The van der Waals surface area contributed by atoms with E-state index in [1.807, 2.05) is 6.07 Å². The Bertz CT molecular complexity index is 550. The van der Waals surface area contributed by atoms with E-state index in [1.165, 1.54) is 0 Å². The zero-order chi connectivity index (χ0) is 13.8. The summed E-state index contributed by atoms with van der Waals surface area (Å²) in [5, 5.41) is 10.3. The van der Waals surface area contributed by atoms with Gasteiger partial charge in [-0.3, -0.25) is 0 Å². The van der Waals surface area contributed by atoms with Crippen molar-refractivity contribution in [3.8, 4) is 0 Å². The minimum atomic E-state index is -1.09. The van der Waals surface area contributed by atoms with Crippen molar-refractivity contribution in [2.75, 3.05) is 7.11 Å². The van der Waals surface area contributed by atoms with Gasteiger partial charge in [0, 0.05) is 13.2 Å². The molecular formula is C15H14F2O2. The zero-order valence-electron chi connectivity index (χ0n) is 10.4. The van der Waals surface area contributed by atoms with Gasteiger partial charge in [-0.05, 0) is 28.8 Å². The summed E-state index contributed by atoms with van der Waals surface area (Å²) in [6.07, 6.45) is -1.09. The molecular weight excluding hydrogens is 250 g/mol. The molecule has 0 aliphatic rings. The smallest absolute Gasteiger partial charge is 0.126 e. The number of hydrogen-bond acceptors (Lipinski definition) is 2. The van der Waals surface area contributed by atoms with Crippen molar-refractivity contribution in [3.63, 3.8) is 0 Å². The molecule has 0 saturated carbocycles. The van der Waals surface area contributed by atoms with Gasteiger partial charge < -0.3 is 9.84 Å². The van der Waals surface area contributed by atoms with Crippen molar-refractivity contribution in [2.24, 2.45) is 0 Å². The summed E-state index contributed by atoms with van der Waals surface area (Å²) in [6.45, 7) is 0.324. The van der Waals surface area contributed by atoms with Crippen LogP contribution < -0.4 is 0 Å². The number of ether oxygens (including phenoxy) is 1. The maximum absolute atomic E-state index is 13.2. The lowest BCUT2D eigenvalue weighted by Gasteiger charge is -2.16. The van der Waals surface area contributed by atoms with E-state index in [4.69, 9.17) is 4.74 Å². The number of aliphatic hydroxyl groups excluding tert-OH is 1. The van der Waals surface area contributed by atoms with Crippen LogP contribution in [0, 0.1) is 11.6 Å². The summed E-state index contributed by atoms with van der Waals surface area (Å²) in [7, 11) is 1.55. The number of hydrogen-bond donors (Lipinski definition) is 1. The number of aliphatic hydroxyl groups is 1. The highest BCUT2D eigenvalue weighted by Gasteiger charge is 2.15. The van der Waals surface area contributed by atoms with E-state index in [1.54, 1.807) is 25.3 Å². The Balaban J connectivity index is 2.40. The third kappa shape index (κ3) is 3.16. The Hall–Kier alpha value is -1.78. The molecule has 19 heavy (non-hydrogen) atoms. The average molecular weight is 264 g/mol. The summed E-state index contributed by atoms with van der Waals surface area (Å²) in [4.78, 5) is 0. The Labute approximate surface area is 110 Å². The second kappa shape index (κ2) is 5.91. The molecule has 0 bridgehead atoms. The van der Waals surface area contributed by atoms with E-state index in [9.17, 15) is 13.9 Å². The minimum Gasteiger partial charge on any atom is -0.384 e. The first-order chi connectivity index (χ1) is 9.11. The van der Waals surface area contributed by atoms with Gasteiger partial charge in [-0.1, -0.05) is 24.3 Å². The van der Waals surface area contributed by atoms with Crippen molar-refractivity contribution in [2.45, 2.75) is 12.7 Å². The van der Waals surface area contributed by atoms with E-state index in [-0.39, 0.29) is 5.56 Å². The Morgan fingerprint density at radius 3 is 2.37 bits per heavy atom.